The van der Waals surface area contributed by atoms with E-state index in [0.29, 0.717) is 5.75 Å². The highest BCUT2D eigenvalue weighted by Crippen LogP contribution is 2.06. The summed E-state index contributed by atoms with van der Waals surface area (Å²) in [5.41, 5.74) is 10.7. The Labute approximate surface area is 191 Å². The maximum Gasteiger partial charge on any atom is 0.326 e. The summed E-state index contributed by atoms with van der Waals surface area (Å²) >= 11 is 5.52. The normalized spacial score (nSPS) is 14.8. The van der Waals surface area contributed by atoms with Crippen molar-refractivity contribution in [3.63, 3.8) is 0 Å². The quantitative estimate of drug-likeness (QED) is 0.137. The molecular weight excluding hydrogens is 446 g/mol. The zero-order valence-corrected chi connectivity index (χ0v) is 19.6. The maximum absolute atomic E-state index is 12.6. The highest BCUT2D eigenvalue weighted by atomic mass is 32.2. The molecule has 4 atom stereocenters. The first-order valence-corrected chi connectivity index (χ1v) is 11.7. The zero-order chi connectivity index (χ0) is 24.1. The van der Waals surface area contributed by atoms with Crippen LogP contribution in [0.15, 0.2) is 0 Å². The molecule has 0 aliphatic heterocycles. The van der Waals surface area contributed by atoms with Crippen LogP contribution in [-0.4, -0.2) is 76.6 Å². The molecule has 0 saturated heterocycles. The molecule has 0 aliphatic carbocycles. The van der Waals surface area contributed by atoms with E-state index in [2.05, 4.69) is 28.6 Å². The summed E-state index contributed by atoms with van der Waals surface area (Å²) in [5, 5.41) is 16.7. The van der Waals surface area contributed by atoms with Gasteiger partial charge in [-0.15, -0.1) is 0 Å². The van der Waals surface area contributed by atoms with Crippen molar-refractivity contribution in [1.29, 1.82) is 0 Å². The average Bonchev–Trinajstić information content (AvgIpc) is 2.69. The van der Waals surface area contributed by atoms with E-state index < -0.39 is 53.8 Å². The number of thiol groups is 1. The van der Waals surface area contributed by atoms with Gasteiger partial charge in [-0.1, -0.05) is 13.8 Å². The van der Waals surface area contributed by atoms with Crippen molar-refractivity contribution in [2.24, 2.45) is 17.4 Å². The molecule has 11 nitrogen and oxygen atoms in total. The van der Waals surface area contributed by atoms with E-state index in [1.54, 1.807) is 13.8 Å². The smallest absolute Gasteiger partial charge is 0.326 e. The van der Waals surface area contributed by atoms with Gasteiger partial charge in [0.25, 0.3) is 0 Å². The number of thioether (sulfide) groups is 1. The molecule has 0 heterocycles. The summed E-state index contributed by atoms with van der Waals surface area (Å²) in [7, 11) is 0. The van der Waals surface area contributed by atoms with E-state index in [1.165, 1.54) is 11.8 Å². The molecule has 0 saturated carbocycles. The lowest BCUT2D eigenvalue weighted by Crippen LogP contribution is -2.58. The number of carboxylic acid groups (broad SMARTS) is 1. The number of carboxylic acids is 1. The highest BCUT2D eigenvalue weighted by Gasteiger charge is 2.30. The van der Waals surface area contributed by atoms with Gasteiger partial charge in [0.1, 0.15) is 18.1 Å². The van der Waals surface area contributed by atoms with Gasteiger partial charge in [0.2, 0.25) is 23.6 Å². The van der Waals surface area contributed by atoms with Crippen molar-refractivity contribution in [3.8, 4) is 0 Å². The SMILES string of the molecule is CSCCC(NC(=O)C(CS)NC(=O)C(N)CCC(N)=O)C(=O)NC(C(=O)O)C(C)C. The number of nitrogens with one attached hydrogen (secondary N) is 3. The van der Waals surface area contributed by atoms with E-state index in [9.17, 15) is 29.1 Å². The number of carbonyl (C=O) groups is 5. The molecule has 0 spiro atoms. The fourth-order valence-electron chi connectivity index (χ4n) is 2.45. The predicted molar refractivity (Wildman–Crippen MR) is 122 cm³/mol. The molecule has 178 valence electrons. The summed E-state index contributed by atoms with van der Waals surface area (Å²) in [6.45, 7) is 3.31. The number of carbonyl (C=O) groups excluding carboxylic acids is 4. The number of primary amides is 1. The minimum Gasteiger partial charge on any atom is -0.480 e. The third-order valence-electron chi connectivity index (χ3n) is 4.33. The van der Waals surface area contributed by atoms with Crippen molar-refractivity contribution in [2.75, 3.05) is 17.8 Å². The van der Waals surface area contributed by atoms with Crippen molar-refractivity contribution in [3.05, 3.63) is 0 Å². The molecule has 0 rings (SSSR count). The highest BCUT2D eigenvalue weighted by molar-refractivity contribution is 7.98. The van der Waals surface area contributed by atoms with Gasteiger partial charge in [-0.05, 0) is 30.8 Å². The van der Waals surface area contributed by atoms with Gasteiger partial charge >= 0.3 is 5.97 Å². The number of amides is 4. The zero-order valence-electron chi connectivity index (χ0n) is 17.9. The Morgan fingerprint density at radius 1 is 0.968 bits per heavy atom. The minimum absolute atomic E-state index is 0.0204. The molecule has 13 heteroatoms. The Bertz CT molecular complexity index is 649. The lowest BCUT2D eigenvalue weighted by molar-refractivity contribution is -0.143. The number of nitrogens with two attached hydrogens (primary N) is 2. The Morgan fingerprint density at radius 3 is 1.97 bits per heavy atom. The second-order valence-electron chi connectivity index (χ2n) is 7.27. The number of rotatable bonds is 15. The lowest BCUT2D eigenvalue weighted by atomic mass is 10.0. The van der Waals surface area contributed by atoms with Crippen molar-refractivity contribution < 1.29 is 29.1 Å². The van der Waals surface area contributed by atoms with Gasteiger partial charge in [-0.2, -0.15) is 24.4 Å². The van der Waals surface area contributed by atoms with Crippen LogP contribution in [0.25, 0.3) is 0 Å². The van der Waals surface area contributed by atoms with Crippen LogP contribution < -0.4 is 27.4 Å². The van der Waals surface area contributed by atoms with Crippen LogP contribution in [0.2, 0.25) is 0 Å². The fraction of sp³-hybridized carbons (Fsp3) is 0.722. The number of hydrogen-bond acceptors (Lipinski definition) is 8. The minimum atomic E-state index is -1.18. The van der Waals surface area contributed by atoms with Crippen LogP contribution >= 0.6 is 24.4 Å². The Hall–Kier alpha value is -1.99. The molecule has 0 aromatic heterocycles. The summed E-state index contributed by atoms with van der Waals surface area (Å²) in [4.78, 5) is 59.6. The predicted octanol–water partition coefficient (Wildman–Crippen LogP) is -1.54. The Balaban J connectivity index is 5.16. The van der Waals surface area contributed by atoms with Crippen molar-refractivity contribution in [1.82, 2.24) is 16.0 Å². The van der Waals surface area contributed by atoms with Crippen LogP contribution in [0.4, 0.5) is 0 Å². The molecule has 0 aliphatic rings. The largest absolute Gasteiger partial charge is 0.480 e. The molecule has 31 heavy (non-hydrogen) atoms. The van der Waals surface area contributed by atoms with Crippen molar-refractivity contribution in [2.45, 2.75) is 57.3 Å². The third kappa shape index (κ3) is 11.3. The van der Waals surface area contributed by atoms with E-state index in [1.807, 2.05) is 6.26 Å². The van der Waals surface area contributed by atoms with E-state index in [4.69, 9.17) is 11.5 Å². The Kier molecular flexibility index (Phi) is 14.0. The van der Waals surface area contributed by atoms with Crippen LogP contribution in [0, 0.1) is 5.92 Å². The summed E-state index contributed by atoms with van der Waals surface area (Å²) in [6, 6.07) is -4.23. The maximum atomic E-state index is 12.6. The van der Waals surface area contributed by atoms with Gasteiger partial charge in [0.15, 0.2) is 0 Å². The molecule has 4 amide bonds. The third-order valence-corrected chi connectivity index (χ3v) is 5.34. The van der Waals surface area contributed by atoms with Gasteiger partial charge in [-0.25, -0.2) is 4.79 Å². The standard InChI is InChI=1S/C18H33N5O6S2/c1-9(2)14(18(28)29)23-16(26)11(6-7-31-3)21-17(27)12(8-30)22-15(25)10(19)4-5-13(20)24/h9-12,14,30H,4-8,19H2,1-3H3,(H2,20,24)(H,21,27)(H,22,25)(H,23,26)(H,28,29). The summed E-state index contributed by atoms with van der Waals surface area (Å²) < 4.78 is 0. The van der Waals surface area contributed by atoms with E-state index in [-0.39, 0.29) is 30.9 Å². The fourth-order valence-corrected chi connectivity index (χ4v) is 3.17. The molecule has 0 fully saturated rings. The van der Waals surface area contributed by atoms with E-state index in [0.717, 1.165) is 0 Å². The Morgan fingerprint density at radius 2 is 1.52 bits per heavy atom. The van der Waals surface area contributed by atoms with E-state index >= 15 is 0 Å². The number of aliphatic carboxylic acids is 1. The molecule has 0 radical (unpaired) electrons. The number of hydrogen-bond donors (Lipinski definition) is 7. The molecule has 0 bridgehead atoms. The molecule has 4 unspecified atom stereocenters. The monoisotopic (exact) mass is 479 g/mol. The van der Waals surface area contributed by atoms with Crippen LogP contribution in [0.1, 0.15) is 33.1 Å². The topological polar surface area (TPSA) is 194 Å². The van der Waals surface area contributed by atoms with Crippen molar-refractivity contribution >= 4 is 54.0 Å². The van der Waals surface area contributed by atoms with Gasteiger partial charge < -0.3 is 32.5 Å². The van der Waals surface area contributed by atoms with Crippen LogP contribution in [0.3, 0.4) is 0 Å². The van der Waals surface area contributed by atoms with Crippen LogP contribution in [-0.2, 0) is 24.0 Å². The first-order chi connectivity index (χ1) is 14.4. The lowest BCUT2D eigenvalue weighted by Gasteiger charge is -2.25. The van der Waals surface area contributed by atoms with Gasteiger partial charge in [0.05, 0.1) is 6.04 Å². The molecule has 0 aromatic carbocycles. The summed E-state index contributed by atoms with van der Waals surface area (Å²) in [6.07, 6.45) is 2.03. The molecular formula is C18H33N5O6S2. The first kappa shape index (κ1) is 29.0. The first-order valence-electron chi connectivity index (χ1n) is 9.72. The average molecular weight is 480 g/mol. The molecule has 0 aromatic rings. The van der Waals surface area contributed by atoms with Crippen LogP contribution in [0.5, 0.6) is 0 Å². The second-order valence-corrected chi connectivity index (χ2v) is 8.62. The second kappa shape index (κ2) is 14.9. The van der Waals surface area contributed by atoms with Gasteiger partial charge in [-0.3, -0.25) is 19.2 Å². The van der Waals surface area contributed by atoms with Gasteiger partial charge in [0, 0.05) is 12.2 Å². The molecule has 8 N–H and O–H groups in total. The summed E-state index contributed by atoms with van der Waals surface area (Å²) in [5.74, 6) is -3.63.